The first kappa shape index (κ1) is 15.3. The number of nitrogens with zero attached hydrogens (tertiary/aromatic N) is 4. The highest BCUT2D eigenvalue weighted by molar-refractivity contribution is 7.90. The molecule has 8 heteroatoms. The van der Waals surface area contributed by atoms with E-state index in [-0.39, 0.29) is 10.9 Å². The third-order valence-corrected chi connectivity index (χ3v) is 5.87. The molecule has 1 fully saturated rings. The average molecular weight is 345 g/mol. The quantitative estimate of drug-likeness (QED) is 0.917. The minimum absolute atomic E-state index is 0.235. The minimum atomic E-state index is -3.63. The topological polar surface area (TPSA) is 79.6 Å². The number of sulfonamides is 1. The molecule has 0 aliphatic carbocycles. The summed E-state index contributed by atoms with van der Waals surface area (Å²) in [6, 6.07) is 7.12. The van der Waals surface area contributed by atoms with Crippen molar-refractivity contribution in [1.29, 1.82) is 0 Å². The lowest BCUT2D eigenvalue weighted by Crippen LogP contribution is -2.35. The van der Waals surface area contributed by atoms with Crippen molar-refractivity contribution in [3.05, 3.63) is 42.2 Å². The molecule has 1 atom stereocenters. The molecule has 7 nitrogen and oxygen atoms in total. The number of hydrogen-bond acceptors (Lipinski definition) is 5. The number of hydrogen-bond donors (Lipinski definition) is 1. The number of nitrogens with one attached hydrogen (secondary N) is 1. The van der Waals surface area contributed by atoms with Crippen LogP contribution in [0.4, 0.5) is 5.69 Å². The van der Waals surface area contributed by atoms with Gasteiger partial charge in [-0.15, -0.1) is 4.40 Å². The Morgan fingerprint density at radius 1 is 1.33 bits per heavy atom. The maximum atomic E-state index is 12.4. The summed E-state index contributed by atoms with van der Waals surface area (Å²) in [5.41, 5.74) is 1.76. The van der Waals surface area contributed by atoms with Crippen molar-refractivity contribution in [1.82, 2.24) is 14.7 Å². The maximum absolute atomic E-state index is 12.4. The first-order valence-electron chi connectivity index (χ1n) is 7.95. The smallest absolute Gasteiger partial charge is 0.286 e. The second-order valence-electron chi connectivity index (χ2n) is 6.21. The van der Waals surface area contributed by atoms with Crippen LogP contribution in [0.5, 0.6) is 0 Å². The third-order valence-electron chi connectivity index (χ3n) is 4.50. The summed E-state index contributed by atoms with van der Waals surface area (Å²) in [6.45, 7) is 1.40. The molecule has 0 radical (unpaired) electrons. The fraction of sp³-hybridized carbons (Fsp3) is 0.375. The molecule has 1 aromatic heterocycles. The summed E-state index contributed by atoms with van der Waals surface area (Å²) < 4.78 is 30.5. The number of benzene rings is 1. The highest BCUT2D eigenvalue weighted by Gasteiger charge is 2.30. The Morgan fingerprint density at radius 3 is 2.96 bits per heavy atom. The second kappa shape index (κ2) is 5.71. The Kier molecular flexibility index (Phi) is 3.65. The molecule has 3 heterocycles. The molecule has 0 amide bonds. The predicted molar refractivity (Wildman–Crippen MR) is 91.4 cm³/mol. The number of para-hydroxylation sites is 1. The number of rotatable bonds is 3. The maximum Gasteiger partial charge on any atom is 0.286 e. The first-order valence-corrected chi connectivity index (χ1v) is 9.39. The molecule has 0 bridgehead atoms. The van der Waals surface area contributed by atoms with Gasteiger partial charge in [0.05, 0.1) is 18.4 Å². The van der Waals surface area contributed by atoms with Crippen molar-refractivity contribution < 1.29 is 8.42 Å². The van der Waals surface area contributed by atoms with Crippen LogP contribution in [0.1, 0.15) is 24.4 Å². The first-order chi connectivity index (χ1) is 11.5. The Labute approximate surface area is 141 Å². The van der Waals surface area contributed by atoms with E-state index >= 15 is 0 Å². The van der Waals surface area contributed by atoms with Gasteiger partial charge in [0.25, 0.3) is 10.0 Å². The molecule has 4 rings (SSSR count). The van der Waals surface area contributed by atoms with Crippen LogP contribution in [-0.4, -0.2) is 42.0 Å². The normalized spacial score (nSPS) is 22.7. The third kappa shape index (κ3) is 2.71. The molecule has 1 saturated heterocycles. The summed E-state index contributed by atoms with van der Waals surface area (Å²) in [6.07, 6.45) is 6.02. The highest BCUT2D eigenvalue weighted by Crippen LogP contribution is 2.32. The van der Waals surface area contributed by atoms with E-state index in [1.165, 1.54) is 0 Å². The highest BCUT2D eigenvalue weighted by atomic mass is 32.2. The summed E-state index contributed by atoms with van der Waals surface area (Å²) in [5, 5.41) is 7.41. The van der Waals surface area contributed by atoms with Gasteiger partial charge in [0.1, 0.15) is 10.7 Å². The molecule has 2 aromatic rings. The zero-order valence-electron chi connectivity index (χ0n) is 13.4. The van der Waals surface area contributed by atoms with Crippen LogP contribution in [-0.2, 0) is 17.1 Å². The Balaban J connectivity index is 1.58. The number of fused-ring (bicyclic) bond motifs is 1. The molecule has 0 saturated carbocycles. The molecule has 24 heavy (non-hydrogen) atoms. The van der Waals surface area contributed by atoms with E-state index < -0.39 is 10.0 Å². The van der Waals surface area contributed by atoms with Gasteiger partial charge in [-0.25, -0.2) is 0 Å². The summed E-state index contributed by atoms with van der Waals surface area (Å²) in [5.74, 6) is 0.476. The number of likely N-dealkylation sites (tertiary alicyclic amines) is 1. The van der Waals surface area contributed by atoms with Crippen LogP contribution in [0.3, 0.4) is 0 Å². The van der Waals surface area contributed by atoms with E-state index in [2.05, 4.69) is 19.7 Å². The number of aromatic nitrogens is 2. The monoisotopic (exact) mass is 345 g/mol. The zero-order valence-corrected chi connectivity index (χ0v) is 14.2. The molecule has 1 aromatic carbocycles. The van der Waals surface area contributed by atoms with Gasteiger partial charge in [0, 0.05) is 24.8 Å². The Hall–Kier alpha value is -2.19. The van der Waals surface area contributed by atoms with Crippen molar-refractivity contribution in [2.75, 3.05) is 18.4 Å². The lowest BCUT2D eigenvalue weighted by atomic mass is 10.1. The molecule has 126 valence electrons. The summed E-state index contributed by atoms with van der Waals surface area (Å²) in [7, 11) is -1.73. The van der Waals surface area contributed by atoms with E-state index in [1.54, 1.807) is 22.9 Å². The van der Waals surface area contributed by atoms with Crippen LogP contribution >= 0.6 is 0 Å². The molecular weight excluding hydrogens is 326 g/mol. The molecule has 1 N–H and O–H groups in total. The Morgan fingerprint density at radius 2 is 2.17 bits per heavy atom. The second-order valence-corrected chi connectivity index (χ2v) is 7.78. The number of anilines is 1. The zero-order chi connectivity index (χ0) is 16.7. The van der Waals surface area contributed by atoms with Gasteiger partial charge in [0.2, 0.25) is 0 Å². The predicted octanol–water partition coefficient (Wildman–Crippen LogP) is 1.77. The van der Waals surface area contributed by atoms with E-state index in [0.717, 1.165) is 24.9 Å². The van der Waals surface area contributed by atoms with E-state index in [1.807, 2.05) is 25.5 Å². The van der Waals surface area contributed by atoms with Crippen LogP contribution in [0, 0.1) is 0 Å². The van der Waals surface area contributed by atoms with Gasteiger partial charge in [-0.1, -0.05) is 12.1 Å². The van der Waals surface area contributed by atoms with E-state index in [9.17, 15) is 8.42 Å². The van der Waals surface area contributed by atoms with Gasteiger partial charge >= 0.3 is 0 Å². The lowest BCUT2D eigenvalue weighted by Gasteiger charge is -2.26. The fourth-order valence-corrected chi connectivity index (χ4v) is 4.57. The van der Waals surface area contributed by atoms with Crippen molar-refractivity contribution in [3.63, 3.8) is 0 Å². The minimum Gasteiger partial charge on any atom is -0.341 e. The van der Waals surface area contributed by atoms with Crippen molar-refractivity contribution >= 4 is 21.5 Å². The number of amidine groups is 1. The SMILES string of the molecule is Cn1cc([C@H]2CCCN2CC2=NS(=O)(=O)c3ccccc3N2)cn1. The summed E-state index contributed by atoms with van der Waals surface area (Å²) in [4.78, 5) is 2.49. The van der Waals surface area contributed by atoms with Gasteiger partial charge in [-0.2, -0.15) is 13.5 Å². The average Bonchev–Trinajstić information content (AvgIpc) is 3.15. The van der Waals surface area contributed by atoms with Gasteiger partial charge < -0.3 is 5.32 Å². The van der Waals surface area contributed by atoms with Crippen LogP contribution in [0.25, 0.3) is 0 Å². The van der Waals surface area contributed by atoms with Gasteiger partial charge in [-0.05, 0) is 31.5 Å². The standard InChI is InChI=1S/C16H19N5O2S/c1-20-10-12(9-17-20)14-6-4-8-21(14)11-16-18-13-5-2-3-7-15(13)24(22,23)19-16/h2-3,5,7,9-10,14H,4,6,8,11H2,1H3,(H,18,19)/t14-/m1/s1. The molecule has 0 spiro atoms. The van der Waals surface area contributed by atoms with Crippen molar-refractivity contribution in [2.45, 2.75) is 23.8 Å². The van der Waals surface area contributed by atoms with E-state index in [0.29, 0.717) is 18.1 Å². The van der Waals surface area contributed by atoms with Crippen molar-refractivity contribution in [3.8, 4) is 0 Å². The van der Waals surface area contributed by atoms with Crippen molar-refractivity contribution in [2.24, 2.45) is 11.4 Å². The fourth-order valence-electron chi connectivity index (χ4n) is 3.43. The van der Waals surface area contributed by atoms with E-state index in [4.69, 9.17) is 0 Å². The van der Waals surface area contributed by atoms with Gasteiger partial charge in [0.15, 0.2) is 0 Å². The summed E-state index contributed by atoms with van der Waals surface area (Å²) >= 11 is 0. The molecule has 2 aliphatic heterocycles. The lowest BCUT2D eigenvalue weighted by molar-refractivity contribution is 0.294. The molecular formula is C16H19N5O2S. The van der Waals surface area contributed by atoms with Crippen LogP contribution in [0.2, 0.25) is 0 Å². The molecule has 0 unspecified atom stereocenters. The van der Waals surface area contributed by atoms with Crippen LogP contribution < -0.4 is 5.32 Å². The number of aryl methyl sites for hydroxylation is 1. The largest absolute Gasteiger partial charge is 0.341 e. The Bertz CT molecular complexity index is 903. The molecule has 2 aliphatic rings. The van der Waals surface area contributed by atoms with Gasteiger partial charge in [-0.3, -0.25) is 9.58 Å². The van der Waals surface area contributed by atoms with Crippen LogP contribution in [0.15, 0.2) is 46.0 Å².